The van der Waals surface area contributed by atoms with Crippen molar-refractivity contribution in [3.63, 3.8) is 0 Å². The molecule has 0 saturated carbocycles. The fourth-order valence-corrected chi connectivity index (χ4v) is 4.48. The Labute approximate surface area is 157 Å². The summed E-state index contributed by atoms with van der Waals surface area (Å²) in [6.07, 6.45) is 3.99. The molecule has 134 valence electrons. The fraction of sp³-hybridized carbons (Fsp3) is 0.350. The molecule has 0 spiro atoms. The first-order chi connectivity index (χ1) is 12.5. The molecule has 3 heterocycles. The molecule has 2 aromatic heterocycles. The predicted molar refractivity (Wildman–Crippen MR) is 107 cm³/mol. The van der Waals surface area contributed by atoms with Crippen molar-refractivity contribution in [3.8, 4) is 0 Å². The van der Waals surface area contributed by atoms with Crippen LogP contribution in [0.4, 0.5) is 11.5 Å². The van der Waals surface area contributed by atoms with Crippen molar-refractivity contribution >= 4 is 39.0 Å². The lowest BCUT2D eigenvalue weighted by molar-refractivity contribution is 0.103. The number of hydrogen-bond acceptors (Lipinski definition) is 5. The number of nitrogens with one attached hydrogen (secondary N) is 1. The van der Waals surface area contributed by atoms with Crippen LogP contribution in [0, 0.1) is 20.8 Å². The van der Waals surface area contributed by atoms with E-state index in [0.29, 0.717) is 4.88 Å². The van der Waals surface area contributed by atoms with Crippen molar-refractivity contribution in [2.75, 3.05) is 23.3 Å². The first-order valence-corrected chi connectivity index (χ1v) is 9.74. The molecule has 1 aliphatic heterocycles. The highest BCUT2D eigenvalue weighted by atomic mass is 32.1. The van der Waals surface area contributed by atoms with Crippen molar-refractivity contribution in [2.24, 2.45) is 0 Å². The number of thiophene rings is 1. The first kappa shape index (κ1) is 17.0. The van der Waals surface area contributed by atoms with Gasteiger partial charge in [0.15, 0.2) is 0 Å². The minimum absolute atomic E-state index is 0.0823. The molecular weight excluding hydrogens is 344 g/mol. The predicted octanol–water partition coefficient (Wildman–Crippen LogP) is 4.47. The van der Waals surface area contributed by atoms with E-state index in [0.717, 1.165) is 45.9 Å². The summed E-state index contributed by atoms with van der Waals surface area (Å²) >= 11 is 1.44. The van der Waals surface area contributed by atoms with E-state index in [2.05, 4.69) is 27.1 Å². The first-order valence-electron chi connectivity index (χ1n) is 8.92. The number of aryl methyl sites for hydroxylation is 3. The van der Waals surface area contributed by atoms with Gasteiger partial charge in [-0.3, -0.25) is 4.79 Å². The summed E-state index contributed by atoms with van der Waals surface area (Å²) in [7, 11) is 0. The maximum atomic E-state index is 12.9. The second-order valence-electron chi connectivity index (χ2n) is 6.88. The number of carbonyl (C=O) groups excluding carboxylic acids is 1. The summed E-state index contributed by atoms with van der Waals surface area (Å²) in [6, 6.07) is 5.98. The van der Waals surface area contributed by atoms with E-state index in [4.69, 9.17) is 0 Å². The lowest BCUT2D eigenvalue weighted by atomic mass is 10.1. The van der Waals surface area contributed by atoms with Gasteiger partial charge in [0.05, 0.1) is 10.3 Å². The minimum atomic E-state index is -0.0823. The molecule has 0 aliphatic carbocycles. The molecule has 1 fully saturated rings. The van der Waals surface area contributed by atoms with E-state index >= 15 is 0 Å². The monoisotopic (exact) mass is 366 g/mol. The Hall–Kier alpha value is -2.47. The smallest absolute Gasteiger partial charge is 0.266 e. The van der Waals surface area contributed by atoms with E-state index in [-0.39, 0.29) is 5.91 Å². The molecule has 1 N–H and O–H groups in total. The standard InChI is InChI=1S/C20H22N4OS/c1-12-6-7-15(10-13(12)2)23-19(25)17-14(3)16-18(24-8-4-5-9-24)21-11-22-20(16)26-17/h6-7,10-11H,4-5,8-9H2,1-3H3,(H,23,25). The van der Waals surface area contributed by atoms with Gasteiger partial charge >= 0.3 is 0 Å². The van der Waals surface area contributed by atoms with Crippen molar-refractivity contribution in [3.05, 3.63) is 46.1 Å². The van der Waals surface area contributed by atoms with Crippen LogP contribution in [0.2, 0.25) is 0 Å². The van der Waals surface area contributed by atoms with Crippen LogP contribution in [0.1, 0.15) is 39.2 Å². The molecule has 3 aromatic rings. The molecule has 1 saturated heterocycles. The second kappa shape index (κ2) is 6.68. The van der Waals surface area contributed by atoms with E-state index in [1.54, 1.807) is 6.33 Å². The number of benzene rings is 1. The van der Waals surface area contributed by atoms with Crippen LogP contribution in [-0.2, 0) is 0 Å². The number of amides is 1. The number of nitrogens with zero attached hydrogens (tertiary/aromatic N) is 3. The Morgan fingerprint density at radius 1 is 1.12 bits per heavy atom. The normalized spacial score (nSPS) is 14.2. The number of aromatic nitrogens is 2. The summed E-state index contributed by atoms with van der Waals surface area (Å²) in [5, 5.41) is 4.04. The van der Waals surface area contributed by atoms with Crippen molar-refractivity contribution in [2.45, 2.75) is 33.6 Å². The van der Waals surface area contributed by atoms with Gasteiger partial charge in [-0.25, -0.2) is 9.97 Å². The zero-order chi connectivity index (χ0) is 18.3. The Kier molecular flexibility index (Phi) is 4.36. The largest absolute Gasteiger partial charge is 0.356 e. The fourth-order valence-electron chi connectivity index (χ4n) is 3.45. The number of anilines is 2. The van der Waals surface area contributed by atoms with Crippen molar-refractivity contribution < 1.29 is 4.79 Å². The number of rotatable bonds is 3. The maximum Gasteiger partial charge on any atom is 0.266 e. The summed E-state index contributed by atoms with van der Waals surface area (Å²) in [4.78, 5) is 25.7. The van der Waals surface area contributed by atoms with Crippen LogP contribution in [0.5, 0.6) is 0 Å². The summed E-state index contributed by atoms with van der Waals surface area (Å²) in [5.41, 5.74) is 4.17. The van der Waals surface area contributed by atoms with Gasteiger partial charge in [0, 0.05) is 18.8 Å². The van der Waals surface area contributed by atoms with Gasteiger partial charge in [0.25, 0.3) is 5.91 Å². The van der Waals surface area contributed by atoms with Gasteiger partial charge in [-0.1, -0.05) is 6.07 Å². The molecule has 6 heteroatoms. The lowest BCUT2D eigenvalue weighted by Gasteiger charge is -2.17. The van der Waals surface area contributed by atoms with E-state index < -0.39 is 0 Å². The Morgan fingerprint density at radius 2 is 1.88 bits per heavy atom. The molecule has 0 radical (unpaired) electrons. The Morgan fingerprint density at radius 3 is 2.62 bits per heavy atom. The third-order valence-corrected chi connectivity index (χ3v) is 6.28. The average Bonchev–Trinajstić information content (AvgIpc) is 3.26. The summed E-state index contributed by atoms with van der Waals surface area (Å²) < 4.78 is 0. The van der Waals surface area contributed by atoms with Gasteiger partial charge < -0.3 is 10.2 Å². The summed E-state index contributed by atoms with van der Waals surface area (Å²) in [6.45, 7) is 8.15. The van der Waals surface area contributed by atoms with Crippen LogP contribution in [0.3, 0.4) is 0 Å². The lowest BCUT2D eigenvalue weighted by Crippen LogP contribution is -2.19. The van der Waals surface area contributed by atoms with Gasteiger partial charge in [-0.15, -0.1) is 11.3 Å². The van der Waals surface area contributed by atoms with Crippen LogP contribution >= 0.6 is 11.3 Å². The highest BCUT2D eigenvalue weighted by Gasteiger charge is 2.23. The third-order valence-electron chi connectivity index (χ3n) is 5.08. The Bertz CT molecular complexity index is 989. The molecule has 1 amide bonds. The third kappa shape index (κ3) is 2.94. The highest BCUT2D eigenvalue weighted by molar-refractivity contribution is 7.20. The SMILES string of the molecule is Cc1ccc(NC(=O)c2sc3ncnc(N4CCCC4)c3c2C)cc1C. The van der Waals surface area contributed by atoms with E-state index in [1.807, 2.05) is 32.0 Å². The van der Waals surface area contributed by atoms with Crippen LogP contribution in [-0.4, -0.2) is 29.0 Å². The molecule has 1 aromatic carbocycles. The molecule has 0 bridgehead atoms. The van der Waals surface area contributed by atoms with Crippen LogP contribution < -0.4 is 10.2 Å². The molecule has 4 rings (SSSR count). The molecule has 0 unspecified atom stereocenters. The molecule has 1 aliphatic rings. The number of fused-ring (bicyclic) bond motifs is 1. The van der Waals surface area contributed by atoms with Crippen LogP contribution in [0.15, 0.2) is 24.5 Å². The molecule has 0 atom stereocenters. The van der Waals surface area contributed by atoms with E-state index in [1.165, 1.54) is 29.7 Å². The number of carbonyl (C=O) groups is 1. The second-order valence-corrected chi connectivity index (χ2v) is 7.88. The van der Waals surface area contributed by atoms with Crippen LogP contribution in [0.25, 0.3) is 10.2 Å². The topological polar surface area (TPSA) is 58.1 Å². The summed E-state index contributed by atoms with van der Waals surface area (Å²) in [5.74, 6) is 0.882. The maximum absolute atomic E-state index is 12.9. The zero-order valence-corrected chi connectivity index (χ0v) is 16.1. The van der Waals surface area contributed by atoms with Gasteiger partial charge in [0.2, 0.25) is 0 Å². The van der Waals surface area contributed by atoms with E-state index in [9.17, 15) is 4.79 Å². The minimum Gasteiger partial charge on any atom is -0.356 e. The van der Waals surface area contributed by atoms with Crippen molar-refractivity contribution in [1.29, 1.82) is 0 Å². The highest BCUT2D eigenvalue weighted by Crippen LogP contribution is 2.36. The van der Waals surface area contributed by atoms with Crippen molar-refractivity contribution in [1.82, 2.24) is 9.97 Å². The molecule has 26 heavy (non-hydrogen) atoms. The zero-order valence-electron chi connectivity index (χ0n) is 15.3. The molecular formula is C20H22N4OS. The molecule has 5 nitrogen and oxygen atoms in total. The average molecular weight is 366 g/mol. The van der Waals surface area contributed by atoms with Gasteiger partial charge in [-0.05, 0) is 62.4 Å². The quantitative estimate of drug-likeness (QED) is 0.743. The Balaban J connectivity index is 1.70. The van der Waals surface area contributed by atoms with Gasteiger partial charge in [0.1, 0.15) is 17.0 Å². The van der Waals surface area contributed by atoms with Gasteiger partial charge in [-0.2, -0.15) is 0 Å². The number of hydrogen-bond donors (Lipinski definition) is 1.